The molecule has 0 spiro atoms. The van der Waals surface area contributed by atoms with Gasteiger partial charge in [-0.15, -0.1) is 0 Å². The van der Waals surface area contributed by atoms with Crippen molar-refractivity contribution in [2.45, 2.75) is 32.4 Å². The average molecular weight is 209 g/mol. The van der Waals surface area contributed by atoms with Gasteiger partial charge >= 0.3 is 0 Å². The second-order valence-electron chi connectivity index (χ2n) is 4.74. The van der Waals surface area contributed by atoms with Crippen molar-refractivity contribution < 1.29 is 10.2 Å². The first kappa shape index (κ1) is 12.0. The molecule has 1 aromatic carbocycles. The minimum Gasteiger partial charge on any atom is -0.508 e. The van der Waals surface area contributed by atoms with Crippen molar-refractivity contribution in [1.29, 1.82) is 0 Å². The molecule has 0 saturated heterocycles. The van der Waals surface area contributed by atoms with E-state index < -0.39 is 6.10 Å². The summed E-state index contributed by atoms with van der Waals surface area (Å²) >= 11 is 0. The van der Waals surface area contributed by atoms with Crippen molar-refractivity contribution in [3.63, 3.8) is 0 Å². The molecule has 3 heteroatoms. The highest BCUT2D eigenvalue weighted by molar-refractivity contribution is 5.27. The number of β-amino-alcohol motifs (C(OH)–C–C–N with tert-alkyl or cyclic N) is 1. The Morgan fingerprint density at radius 3 is 2.20 bits per heavy atom. The molecular formula is C12H19NO2. The number of phenols is 1. The van der Waals surface area contributed by atoms with Crippen LogP contribution in [0.25, 0.3) is 0 Å². The molecule has 0 aliphatic carbocycles. The Kier molecular flexibility index (Phi) is 3.72. The lowest BCUT2D eigenvalue weighted by atomic mass is 10.1. The molecule has 84 valence electrons. The number of aliphatic hydroxyl groups is 1. The Morgan fingerprint density at radius 1 is 1.20 bits per heavy atom. The van der Waals surface area contributed by atoms with E-state index in [2.05, 4.69) is 26.1 Å². The molecular weight excluding hydrogens is 190 g/mol. The maximum atomic E-state index is 9.83. The third kappa shape index (κ3) is 4.32. The van der Waals surface area contributed by atoms with Crippen molar-refractivity contribution in [2.75, 3.05) is 6.54 Å². The lowest BCUT2D eigenvalue weighted by molar-refractivity contribution is 0.163. The normalized spacial score (nSPS) is 13.9. The van der Waals surface area contributed by atoms with Crippen LogP contribution in [0.2, 0.25) is 0 Å². The van der Waals surface area contributed by atoms with E-state index in [9.17, 15) is 5.11 Å². The highest BCUT2D eigenvalue weighted by Gasteiger charge is 2.13. The van der Waals surface area contributed by atoms with E-state index in [0.29, 0.717) is 6.54 Å². The van der Waals surface area contributed by atoms with Crippen molar-refractivity contribution >= 4 is 0 Å². The maximum absolute atomic E-state index is 9.83. The van der Waals surface area contributed by atoms with Crippen LogP contribution in [0.3, 0.4) is 0 Å². The summed E-state index contributed by atoms with van der Waals surface area (Å²) in [6, 6.07) is 6.61. The van der Waals surface area contributed by atoms with Crippen LogP contribution in [0.5, 0.6) is 5.75 Å². The fourth-order valence-electron chi connectivity index (χ4n) is 1.22. The number of aliphatic hydroxyl groups excluding tert-OH is 1. The standard InChI is InChI=1S/C12H19NO2/c1-12(2,3)13-8-11(15)9-4-6-10(14)7-5-9/h4-7,11,13-15H,8H2,1-3H3/t11-/m1/s1. The van der Waals surface area contributed by atoms with Gasteiger partial charge in [-0.2, -0.15) is 0 Å². The summed E-state index contributed by atoms with van der Waals surface area (Å²) < 4.78 is 0. The van der Waals surface area contributed by atoms with Crippen LogP contribution in [0.1, 0.15) is 32.4 Å². The first-order valence-corrected chi connectivity index (χ1v) is 5.10. The summed E-state index contributed by atoms with van der Waals surface area (Å²) in [5.41, 5.74) is 0.808. The van der Waals surface area contributed by atoms with E-state index >= 15 is 0 Å². The number of benzene rings is 1. The summed E-state index contributed by atoms with van der Waals surface area (Å²) in [5, 5.41) is 22.2. The summed E-state index contributed by atoms with van der Waals surface area (Å²) in [5.74, 6) is 0.217. The summed E-state index contributed by atoms with van der Waals surface area (Å²) in [6.45, 7) is 6.66. The second-order valence-corrected chi connectivity index (χ2v) is 4.74. The molecule has 0 bridgehead atoms. The molecule has 0 heterocycles. The molecule has 1 aromatic rings. The predicted octanol–water partition coefficient (Wildman–Crippen LogP) is 1.81. The molecule has 1 rings (SSSR count). The Bertz CT molecular complexity index is 300. The molecule has 0 aromatic heterocycles. The fraction of sp³-hybridized carbons (Fsp3) is 0.500. The van der Waals surface area contributed by atoms with Crippen LogP contribution in [0.4, 0.5) is 0 Å². The van der Waals surface area contributed by atoms with Gasteiger partial charge in [0.1, 0.15) is 5.75 Å². The lowest BCUT2D eigenvalue weighted by Crippen LogP contribution is -2.38. The molecule has 0 unspecified atom stereocenters. The molecule has 0 fully saturated rings. The van der Waals surface area contributed by atoms with Gasteiger partial charge in [-0.25, -0.2) is 0 Å². The lowest BCUT2D eigenvalue weighted by Gasteiger charge is -2.23. The third-order valence-corrected chi connectivity index (χ3v) is 2.10. The molecule has 15 heavy (non-hydrogen) atoms. The Morgan fingerprint density at radius 2 is 1.73 bits per heavy atom. The summed E-state index contributed by atoms with van der Waals surface area (Å²) in [6.07, 6.45) is -0.537. The van der Waals surface area contributed by atoms with Crippen molar-refractivity contribution in [3.05, 3.63) is 29.8 Å². The van der Waals surface area contributed by atoms with Crippen LogP contribution in [-0.2, 0) is 0 Å². The fourth-order valence-corrected chi connectivity index (χ4v) is 1.22. The highest BCUT2D eigenvalue weighted by Crippen LogP contribution is 2.16. The monoisotopic (exact) mass is 209 g/mol. The number of hydrogen-bond donors (Lipinski definition) is 3. The Labute approximate surface area is 90.8 Å². The molecule has 3 nitrogen and oxygen atoms in total. The quantitative estimate of drug-likeness (QED) is 0.711. The van der Waals surface area contributed by atoms with Crippen LogP contribution in [0.15, 0.2) is 24.3 Å². The van der Waals surface area contributed by atoms with Crippen molar-refractivity contribution in [2.24, 2.45) is 0 Å². The molecule has 1 atom stereocenters. The number of hydrogen-bond acceptors (Lipinski definition) is 3. The maximum Gasteiger partial charge on any atom is 0.115 e. The highest BCUT2D eigenvalue weighted by atomic mass is 16.3. The molecule has 0 aliphatic rings. The summed E-state index contributed by atoms with van der Waals surface area (Å²) in [7, 11) is 0. The molecule has 0 radical (unpaired) electrons. The first-order chi connectivity index (χ1) is 6.88. The van der Waals surface area contributed by atoms with Gasteiger partial charge in [0.05, 0.1) is 6.10 Å². The minimum atomic E-state index is -0.537. The van der Waals surface area contributed by atoms with E-state index in [4.69, 9.17) is 5.11 Å². The van der Waals surface area contributed by atoms with Gasteiger partial charge in [-0.1, -0.05) is 12.1 Å². The minimum absolute atomic E-state index is 0.00208. The SMILES string of the molecule is CC(C)(C)NC[C@@H](O)c1ccc(O)cc1. The largest absolute Gasteiger partial charge is 0.508 e. The zero-order valence-corrected chi connectivity index (χ0v) is 9.49. The van der Waals surface area contributed by atoms with Crippen LogP contribution < -0.4 is 5.32 Å². The average Bonchev–Trinajstić information content (AvgIpc) is 2.14. The second kappa shape index (κ2) is 4.64. The van der Waals surface area contributed by atoms with Gasteiger partial charge in [-0.05, 0) is 38.5 Å². The Balaban J connectivity index is 2.54. The van der Waals surface area contributed by atoms with Gasteiger partial charge in [0.15, 0.2) is 0 Å². The first-order valence-electron chi connectivity index (χ1n) is 5.10. The van der Waals surface area contributed by atoms with Crippen LogP contribution >= 0.6 is 0 Å². The van der Waals surface area contributed by atoms with Gasteiger partial charge in [-0.3, -0.25) is 0 Å². The van der Waals surface area contributed by atoms with E-state index in [1.807, 2.05) is 0 Å². The van der Waals surface area contributed by atoms with Crippen LogP contribution in [0, 0.1) is 0 Å². The van der Waals surface area contributed by atoms with E-state index in [0.717, 1.165) is 5.56 Å². The Hall–Kier alpha value is -1.06. The van der Waals surface area contributed by atoms with Gasteiger partial charge < -0.3 is 15.5 Å². The zero-order valence-electron chi connectivity index (χ0n) is 9.49. The zero-order chi connectivity index (χ0) is 11.5. The van der Waals surface area contributed by atoms with E-state index in [1.165, 1.54) is 0 Å². The van der Waals surface area contributed by atoms with Gasteiger partial charge in [0, 0.05) is 12.1 Å². The molecule has 3 N–H and O–H groups in total. The number of nitrogens with one attached hydrogen (secondary N) is 1. The van der Waals surface area contributed by atoms with Crippen molar-refractivity contribution in [3.8, 4) is 5.75 Å². The third-order valence-electron chi connectivity index (χ3n) is 2.10. The van der Waals surface area contributed by atoms with Gasteiger partial charge in [0.2, 0.25) is 0 Å². The predicted molar refractivity (Wildman–Crippen MR) is 60.8 cm³/mol. The van der Waals surface area contributed by atoms with E-state index in [1.54, 1.807) is 24.3 Å². The molecule has 0 saturated carbocycles. The topological polar surface area (TPSA) is 52.5 Å². The molecule has 0 aliphatic heterocycles. The summed E-state index contributed by atoms with van der Waals surface area (Å²) in [4.78, 5) is 0. The number of phenolic OH excluding ortho intramolecular Hbond substituents is 1. The number of aromatic hydroxyl groups is 1. The van der Waals surface area contributed by atoms with Crippen molar-refractivity contribution in [1.82, 2.24) is 5.32 Å². The molecule has 0 amide bonds. The smallest absolute Gasteiger partial charge is 0.115 e. The van der Waals surface area contributed by atoms with Gasteiger partial charge in [0.25, 0.3) is 0 Å². The number of rotatable bonds is 3. The van der Waals surface area contributed by atoms with E-state index in [-0.39, 0.29) is 11.3 Å². The van der Waals surface area contributed by atoms with Crippen LogP contribution in [-0.4, -0.2) is 22.3 Å².